The standard InChI is InChI=1S/C22H34N10O/c1-14(2)12-32-20-17(27-22(32)31-5-4-24-15(3)13-31)19(30-6-8-33-9-7-30)28-18(29-20)16-10-25-21(23)26-11-16/h10-11,14-15,19,24H,4-9,12-13H2,1-3H3,(H,28,29)(H2,23,25,26)/t15-,19?/m0/s1. The Morgan fingerprint density at radius 1 is 1.18 bits per heavy atom. The molecule has 1 unspecified atom stereocenters. The molecule has 0 bridgehead atoms. The first-order valence-electron chi connectivity index (χ1n) is 11.8. The number of ether oxygens (including phenoxy) is 1. The molecule has 0 aromatic carbocycles. The number of nitrogen functional groups attached to an aromatic ring is 1. The zero-order chi connectivity index (χ0) is 22.9. The lowest BCUT2D eigenvalue weighted by Crippen LogP contribution is -2.50. The van der Waals surface area contributed by atoms with E-state index < -0.39 is 0 Å². The highest BCUT2D eigenvalue weighted by atomic mass is 16.5. The summed E-state index contributed by atoms with van der Waals surface area (Å²) in [5.41, 5.74) is 7.50. The first kappa shape index (κ1) is 22.1. The van der Waals surface area contributed by atoms with Crippen LogP contribution in [0.3, 0.4) is 0 Å². The molecule has 11 heteroatoms. The lowest BCUT2D eigenvalue weighted by molar-refractivity contribution is 0.0116. The van der Waals surface area contributed by atoms with Crippen molar-refractivity contribution in [3.05, 3.63) is 23.7 Å². The van der Waals surface area contributed by atoms with Gasteiger partial charge in [-0.2, -0.15) is 0 Å². The zero-order valence-corrected chi connectivity index (χ0v) is 19.7. The maximum Gasteiger partial charge on any atom is 0.219 e. The molecule has 0 aliphatic carbocycles. The van der Waals surface area contributed by atoms with Crippen molar-refractivity contribution in [2.24, 2.45) is 10.9 Å². The summed E-state index contributed by atoms with van der Waals surface area (Å²) in [6.07, 6.45) is 3.34. The Kier molecular flexibility index (Phi) is 6.17. The molecular formula is C22H34N10O. The number of nitrogens with one attached hydrogen (secondary N) is 2. The lowest BCUT2D eigenvalue weighted by Gasteiger charge is -2.36. The van der Waals surface area contributed by atoms with Crippen LogP contribution in [0.1, 0.15) is 38.2 Å². The van der Waals surface area contributed by atoms with Gasteiger partial charge in [0, 0.05) is 57.7 Å². The van der Waals surface area contributed by atoms with Gasteiger partial charge in [-0.1, -0.05) is 13.8 Å². The van der Waals surface area contributed by atoms with Gasteiger partial charge in [0.15, 0.2) is 5.82 Å². The highest BCUT2D eigenvalue weighted by molar-refractivity contribution is 6.01. The fraction of sp³-hybridized carbons (Fsp3) is 0.636. The van der Waals surface area contributed by atoms with Crippen LogP contribution in [0.5, 0.6) is 0 Å². The Morgan fingerprint density at radius 3 is 2.64 bits per heavy atom. The molecule has 0 amide bonds. The normalized spacial score (nSPS) is 23.9. The van der Waals surface area contributed by atoms with Gasteiger partial charge < -0.3 is 26.0 Å². The Hall–Kier alpha value is -2.76. The van der Waals surface area contributed by atoms with Crippen LogP contribution in [-0.4, -0.2) is 82.2 Å². The number of piperazine rings is 1. The van der Waals surface area contributed by atoms with E-state index in [-0.39, 0.29) is 12.1 Å². The monoisotopic (exact) mass is 454 g/mol. The summed E-state index contributed by atoms with van der Waals surface area (Å²) >= 11 is 0. The van der Waals surface area contributed by atoms with Crippen molar-refractivity contribution < 1.29 is 4.74 Å². The van der Waals surface area contributed by atoms with Crippen LogP contribution < -0.4 is 21.3 Å². The van der Waals surface area contributed by atoms with E-state index in [4.69, 9.17) is 20.4 Å². The van der Waals surface area contributed by atoms with Crippen LogP contribution >= 0.6 is 0 Å². The number of rotatable bonds is 5. The number of morpholine rings is 1. The molecule has 5 heterocycles. The third-order valence-electron chi connectivity index (χ3n) is 6.25. The summed E-state index contributed by atoms with van der Waals surface area (Å²) in [6.45, 7) is 13.4. The molecule has 0 saturated carbocycles. The summed E-state index contributed by atoms with van der Waals surface area (Å²) < 4.78 is 7.91. The second kappa shape index (κ2) is 9.24. The summed E-state index contributed by atoms with van der Waals surface area (Å²) in [6, 6.07) is 0.416. The Morgan fingerprint density at radius 2 is 1.94 bits per heavy atom. The molecular weight excluding hydrogens is 420 g/mol. The number of amidine groups is 1. The van der Waals surface area contributed by atoms with E-state index >= 15 is 0 Å². The largest absolute Gasteiger partial charge is 0.379 e. The quantitative estimate of drug-likeness (QED) is 0.600. The van der Waals surface area contributed by atoms with E-state index in [1.807, 2.05) is 0 Å². The molecule has 3 aliphatic heterocycles. The molecule has 2 aromatic heterocycles. The highest BCUT2D eigenvalue weighted by Gasteiger charge is 2.36. The van der Waals surface area contributed by atoms with Gasteiger partial charge >= 0.3 is 0 Å². The van der Waals surface area contributed by atoms with Crippen molar-refractivity contribution in [2.45, 2.75) is 39.5 Å². The number of nitrogens with zero attached hydrogens (tertiary/aromatic N) is 7. The van der Waals surface area contributed by atoms with Crippen LogP contribution in [0.15, 0.2) is 17.4 Å². The van der Waals surface area contributed by atoms with Crippen LogP contribution in [0.4, 0.5) is 17.7 Å². The van der Waals surface area contributed by atoms with E-state index in [0.717, 1.165) is 68.1 Å². The third-order valence-corrected chi connectivity index (χ3v) is 6.25. The van der Waals surface area contributed by atoms with Crippen LogP contribution in [-0.2, 0) is 11.3 Å². The van der Waals surface area contributed by atoms with Crippen LogP contribution in [0.2, 0.25) is 0 Å². The predicted molar refractivity (Wildman–Crippen MR) is 128 cm³/mol. The van der Waals surface area contributed by atoms with E-state index in [0.29, 0.717) is 25.2 Å². The molecule has 2 fully saturated rings. The fourth-order valence-corrected chi connectivity index (χ4v) is 4.68. The molecule has 4 N–H and O–H groups in total. The minimum atomic E-state index is -0.0959. The average Bonchev–Trinajstić information content (AvgIpc) is 3.17. The number of aliphatic imine (C=N–C) groups is 1. The average molecular weight is 455 g/mol. The first-order chi connectivity index (χ1) is 16.0. The molecule has 0 radical (unpaired) electrons. The van der Waals surface area contributed by atoms with Gasteiger partial charge in [0.05, 0.1) is 18.8 Å². The van der Waals surface area contributed by atoms with Crippen molar-refractivity contribution in [3.63, 3.8) is 0 Å². The number of imidazole rings is 1. The number of anilines is 2. The van der Waals surface area contributed by atoms with Gasteiger partial charge in [-0.05, 0) is 12.8 Å². The summed E-state index contributed by atoms with van der Waals surface area (Å²) in [7, 11) is 0. The SMILES string of the molecule is CC(C)Cn1c(N2CCN[C@@H](C)C2)nc2c1N=C(c1cnc(N)nc1)NC2N1CCOCC1. The third kappa shape index (κ3) is 4.53. The molecule has 11 nitrogen and oxygen atoms in total. The van der Waals surface area contributed by atoms with Gasteiger partial charge in [-0.15, -0.1) is 0 Å². The van der Waals surface area contributed by atoms with Gasteiger partial charge in [-0.25, -0.2) is 19.9 Å². The number of nitrogens with two attached hydrogens (primary N) is 1. The number of hydrogen-bond acceptors (Lipinski definition) is 10. The van der Waals surface area contributed by atoms with E-state index in [2.05, 4.69) is 55.7 Å². The maximum atomic E-state index is 5.72. The Bertz CT molecular complexity index is 995. The van der Waals surface area contributed by atoms with Gasteiger partial charge in [-0.3, -0.25) is 9.47 Å². The number of fused-ring (bicyclic) bond motifs is 1. The van der Waals surface area contributed by atoms with Crippen LogP contribution in [0.25, 0.3) is 0 Å². The van der Waals surface area contributed by atoms with Crippen molar-refractivity contribution >= 4 is 23.6 Å². The smallest absolute Gasteiger partial charge is 0.219 e. The van der Waals surface area contributed by atoms with Gasteiger partial charge in [0.2, 0.25) is 11.9 Å². The second-order valence-electron chi connectivity index (χ2n) is 9.41. The topological polar surface area (TPSA) is 122 Å². The van der Waals surface area contributed by atoms with Crippen molar-refractivity contribution in [1.82, 2.24) is 35.1 Å². The minimum absolute atomic E-state index is 0.0959. The molecule has 2 saturated heterocycles. The molecule has 0 spiro atoms. The summed E-state index contributed by atoms with van der Waals surface area (Å²) in [4.78, 5) is 23.4. The van der Waals surface area contributed by atoms with Crippen molar-refractivity contribution in [1.29, 1.82) is 0 Å². The minimum Gasteiger partial charge on any atom is -0.379 e. The molecule has 2 atom stereocenters. The van der Waals surface area contributed by atoms with Crippen LogP contribution in [0, 0.1) is 5.92 Å². The van der Waals surface area contributed by atoms with E-state index in [1.54, 1.807) is 12.4 Å². The summed E-state index contributed by atoms with van der Waals surface area (Å²) in [5, 5.41) is 7.15. The van der Waals surface area contributed by atoms with E-state index in [9.17, 15) is 0 Å². The highest BCUT2D eigenvalue weighted by Crippen LogP contribution is 2.37. The van der Waals surface area contributed by atoms with E-state index in [1.165, 1.54) is 0 Å². The Balaban J connectivity index is 1.62. The molecule has 2 aromatic rings. The molecule has 3 aliphatic rings. The number of hydrogen-bond donors (Lipinski definition) is 3. The van der Waals surface area contributed by atoms with Crippen molar-refractivity contribution in [2.75, 3.05) is 56.6 Å². The Labute approximate surface area is 194 Å². The zero-order valence-electron chi connectivity index (χ0n) is 19.7. The second-order valence-corrected chi connectivity index (χ2v) is 9.41. The molecule has 5 rings (SSSR count). The lowest BCUT2D eigenvalue weighted by atomic mass is 10.2. The van der Waals surface area contributed by atoms with Gasteiger partial charge in [0.25, 0.3) is 0 Å². The predicted octanol–water partition coefficient (Wildman–Crippen LogP) is 0.722. The maximum absolute atomic E-state index is 5.72. The summed E-state index contributed by atoms with van der Waals surface area (Å²) in [5.74, 6) is 3.36. The molecule has 178 valence electrons. The first-order valence-corrected chi connectivity index (χ1v) is 11.8. The molecule has 33 heavy (non-hydrogen) atoms. The number of aromatic nitrogens is 4. The van der Waals surface area contributed by atoms with Crippen molar-refractivity contribution in [3.8, 4) is 0 Å². The van der Waals surface area contributed by atoms with Gasteiger partial charge in [0.1, 0.15) is 17.7 Å². The fourth-order valence-electron chi connectivity index (χ4n) is 4.68.